The Bertz CT molecular complexity index is 435. The number of nitrogens with one attached hydrogen (secondary N) is 2. The van der Waals surface area contributed by atoms with Crippen molar-refractivity contribution in [3.63, 3.8) is 0 Å². The van der Waals surface area contributed by atoms with Crippen molar-refractivity contribution in [1.82, 2.24) is 5.32 Å². The van der Waals surface area contributed by atoms with Crippen molar-refractivity contribution in [2.45, 2.75) is 19.2 Å². The summed E-state index contributed by atoms with van der Waals surface area (Å²) in [6.07, 6.45) is -5.61. The van der Waals surface area contributed by atoms with Gasteiger partial charge in [0.05, 0.1) is 5.56 Å². The number of alkyl halides is 3. The summed E-state index contributed by atoms with van der Waals surface area (Å²) in [7, 11) is 1.70. The summed E-state index contributed by atoms with van der Waals surface area (Å²) >= 11 is 0. The van der Waals surface area contributed by atoms with Crippen molar-refractivity contribution in [2.24, 2.45) is 0 Å². The highest BCUT2D eigenvalue weighted by molar-refractivity contribution is 5.84. The van der Waals surface area contributed by atoms with E-state index in [-0.39, 0.29) is 11.8 Å². The van der Waals surface area contributed by atoms with Crippen LogP contribution in [0.4, 0.5) is 23.7 Å². The first-order valence-corrected chi connectivity index (χ1v) is 5.62. The van der Waals surface area contributed by atoms with Gasteiger partial charge in [0.2, 0.25) is 0 Å². The number of anilines is 1. The number of benzene rings is 1. The van der Waals surface area contributed by atoms with E-state index >= 15 is 0 Å². The van der Waals surface area contributed by atoms with Crippen LogP contribution in [0.3, 0.4) is 0 Å². The quantitative estimate of drug-likeness (QED) is 0.889. The predicted molar refractivity (Wildman–Crippen MR) is 64.9 cm³/mol. The molecule has 0 radical (unpaired) electrons. The van der Waals surface area contributed by atoms with Gasteiger partial charge >= 0.3 is 12.3 Å². The third-order valence-electron chi connectivity index (χ3n) is 2.24. The minimum atomic E-state index is -4.44. The molecular weight excluding hydrogens is 261 g/mol. The highest BCUT2D eigenvalue weighted by atomic mass is 19.4. The standard InChI is InChI=1S/C12H15F3N2O2/c1-8(7-16-2)19-11(18)17-10-5-3-4-9(6-10)12(13,14)15/h3-6,8,16H,7H2,1-2H3,(H,17,18). The molecule has 0 fully saturated rings. The van der Waals surface area contributed by atoms with Gasteiger partial charge in [-0.1, -0.05) is 6.07 Å². The van der Waals surface area contributed by atoms with Crippen LogP contribution in [0.1, 0.15) is 12.5 Å². The number of likely N-dealkylation sites (N-methyl/N-ethyl adjacent to an activating group) is 1. The minimum absolute atomic E-state index is 0.0384. The first kappa shape index (κ1) is 15.3. The van der Waals surface area contributed by atoms with E-state index in [9.17, 15) is 18.0 Å². The lowest BCUT2D eigenvalue weighted by molar-refractivity contribution is -0.137. The summed E-state index contributed by atoms with van der Waals surface area (Å²) in [5.74, 6) is 0. The van der Waals surface area contributed by atoms with Crippen molar-refractivity contribution in [3.8, 4) is 0 Å². The van der Waals surface area contributed by atoms with Crippen LogP contribution in [0.5, 0.6) is 0 Å². The SMILES string of the molecule is CNCC(C)OC(=O)Nc1cccc(C(F)(F)F)c1. The van der Waals surface area contributed by atoms with Crippen LogP contribution in [0.15, 0.2) is 24.3 Å². The number of carbonyl (C=O) groups is 1. The lowest BCUT2D eigenvalue weighted by Crippen LogP contribution is -2.28. The second kappa shape index (κ2) is 6.42. The van der Waals surface area contributed by atoms with E-state index in [4.69, 9.17) is 4.74 Å². The Labute approximate surface area is 108 Å². The van der Waals surface area contributed by atoms with Crippen molar-refractivity contribution < 1.29 is 22.7 Å². The normalized spacial score (nSPS) is 12.9. The monoisotopic (exact) mass is 276 g/mol. The Balaban J connectivity index is 2.65. The van der Waals surface area contributed by atoms with Crippen LogP contribution in [-0.4, -0.2) is 25.8 Å². The van der Waals surface area contributed by atoms with Gasteiger partial charge in [0.1, 0.15) is 6.10 Å². The van der Waals surface area contributed by atoms with Crippen LogP contribution in [0, 0.1) is 0 Å². The molecule has 19 heavy (non-hydrogen) atoms. The molecule has 0 saturated heterocycles. The molecule has 7 heteroatoms. The van der Waals surface area contributed by atoms with Crippen molar-refractivity contribution in [3.05, 3.63) is 29.8 Å². The van der Waals surface area contributed by atoms with E-state index in [2.05, 4.69) is 10.6 Å². The Morgan fingerprint density at radius 3 is 2.68 bits per heavy atom. The van der Waals surface area contributed by atoms with Crippen LogP contribution < -0.4 is 10.6 Å². The second-order valence-corrected chi connectivity index (χ2v) is 3.98. The third kappa shape index (κ3) is 5.17. The molecule has 0 aliphatic carbocycles. The first-order chi connectivity index (χ1) is 8.82. The van der Waals surface area contributed by atoms with Gasteiger partial charge in [0.15, 0.2) is 0 Å². The van der Waals surface area contributed by atoms with Gasteiger partial charge in [-0.3, -0.25) is 5.32 Å². The van der Waals surface area contributed by atoms with E-state index in [1.165, 1.54) is 12.1 Å². The van der Waals surface area contributed by atoms with E-state index in [0.29, 0.717) is 6.54 Å². The zero-order chi connectivity index (χ0) is 14.5. The van der Waals surface area contributed by atoms with Gasteiger partial charge in [-0.25, -0.2) is 4.79 Å². The van der Waals surface area contributed by atoms with Gasteiger partial charge in [-0.2, -0.15) is 13.2 Å². The van der Waals surface area contributed by atoms with Crippen molar-refractivity contribution in [2.75, 3.05) is 18.9 Å². The number of hydrogen-bond donors (Lipinski definition) is 2. The molecule has 106 valence electrons. The molecule has 0 aliphatic heterocycles. The summed E-state index contributed by atoms with van der Waals surface area (Å²) < 4.78 is 42.3. The molecule has 1 unspecified atom stereocenters. The molecule has 0 aliphatic rings. The maximum atomic E-state index is 12.5. The first-order valence-electron chi connectivity index (χ1n) is 5.62. The molecule has 1 aromatic carbocycles. The summed E-state index contributed by atoms with van der Waals surface area (Å²) in [5, 5.41) is 5.07. The molecule has 0 saturated carbocycles. The van der Waals surface area contributed by atoms with Crippen molar-refractivity contribution in [1.29, 1.82) is 0 Å². The van der Waals surface area contributed by atoms with Gasteiger partial charge < -0.3 is 10.1 Å². The number of rotatable bonds is 4. The summed E-state index contributed by atoms with van der Waals surface area (Å²) in [6.45, 7) is 2.12. The molecular formula is C12H15F3N2O2. The van der Waals surface area contributed by atoms with Crippen LogP contribution in [-0.2, 0) is 10.9 Å². The summed E-state index contributed by atoms with van der Waals surface area (Å²) in [6, 6.07) is 4.36. The Hall–Kier alpha value is -1.76. The van der Waals surface area contributed by atoms with Crippen LogP contribution in [0.2, 0.25) is 0 Å². The smallest absolute Gasteiger partial charge is 0.416 e. The fraction of sp³-hybridized carbons (Fsp3) is 0.417. The zero-order valence-corrected chi connectivity index (χ0v) is 10.5. The predicted octanol–water partition coefficient (Wildman–Crippen LogP) is 2.86. The van der Waals surface area contributed by atoms with E-state index < -0.39 is 17.8 Å². The van der Waals surface area contributed by atoms with Gasteiger partial charge in [-0.15, -0.1) is 0 Å². The Morgan fingerprint density at radius 1 is 1.42 bits per heavy atom. The van der Waals surface area contributed by atoms with E-state index in [0.717, 1.165) is 12.1 Å². The molecule has 1 rings (SSSR count). The molecule has 0 heterocycles. The highest BCUT2D eigenvalue weighted by Gasteiger charge is 2.30. The fourth-order valence-electron chi connectivity index (χ4n) is 1.43. The summed E-state index contributed by atoms with van der Waals surface area (Å²) in [5.41, 5.74) is -0.787. The molecule has 0 bridgehead atoms. The molecule has 0 spiro atoms. The van der Waals surface area contributed by atoms with Gasteiger partial charge in [0.25, 0.3) is 0 Å². The molecule has 1 aromatic rings. The lowest BCUT2D eigenvalue weighted by atomic mass is 10.2. The molecule has 0 aromatic heterocycles. The van der Waals surface area contributed by atoms with Crippen LogP contribution >= 0.6 is 0 Å². The number of ether oxygens (including phenoxy) is 1. The average Bonchev–Trinajstić information content (AvgIpc) is 2.28. The topological polar surface area (TPSA) is 50.4 Å². The largest absolute Gasteiger partial charge is 0.445 e. The Kier molecular flexibility index (Phi) is 5.17. The van der Waals surface area contributed by atoms with E-state index in [1.54, 1.807) is 14.0 Å². The summed E-state index contributed by atoms with van der Waals surface area (Å²) in [4.78, 5) is 11.4. The Morgan fingerprint density at radius 2 is 2.11 bits per heavy atom. The van der Waals surface area contributed by atoms with Crippen molar-refractivity contribution >= 4 is 11.8 Å². The highest BCUT2D eigenvalue weighted by Crippen LogP contribution is 2.30. The molecule has 2 N–H and O–H groups in total. The maximum Gasteiger partial charge on any atom is 0.416 e. The number of halogens is 3. The van der Waals surface area contributed by atoms with Gasteiger partial charge in [0, 0.05) is 12.2 Å². The second-order valence-electron chi connectivity index (χ2n) is 3.98. The number of hydrogen-bond acceptors (Lipinski definition) is 3. The zero-order valence-electron chi connectivity index (χ0n) is 10.5. The minimum Gasteiger partial charge on any atom is -0.445 e. The van der Waals surface area contributed by atoms with Crippen LogP contribution in [0.25, 0.3) is 0 Å². The fourth-order valence-corrected chi connectivity index (χ4v) is 1.43. The molecule has 1 atom stereocenters. The lowest BCUT2D eigenvalue weighted by Gasteiger charge is -2.14. The van der Waals surface area contributed by atoms with E-state index in [1.807, 2.05) is 0 Å². The maximum absolute atomic E-state index is 12.5. The third-order valence-corrected chi connectivity index (χ3v) is 2.24. The van der Waals surface area contributed by atoms with Gasteiger partial charge in [-0.05, 0) is 32.2 Å². The molecule has 1 amide bonds. The number of carbonyl (C=O) groups excluding carboxylic acids is 1. The average molecular weight is 276 g/mol. The molecule has 4 nitrogen and oxygen atoms in total. The number of amides is 1.